The van der Waals surface area contributed by atoms with Crippen LogP contribution in [0.5, 0.6) is 0 Å². The number of carboxylic acid groups (broad SMARTS) is 1. The maximum Gasteiger partial charge on any atom is 0.304 e. The number of hydrogen-bond donors (Lipinski definition) is 2. The average molecular weight is 299 g/mol. The Kier molecular flexibility index (Phi) is 5.64. The second kappa shape index (κ2) is 7.47. The topological polar surface area (TPSA) is 58.6 Å². The zero-order chi connectivity index (χ0) is 15.2. The fraction of sp³-hybridized carbons (Fsp3) is 0.533. The lowest BCUT2D eigenvalue weighted by Crippen LogP contribution is -2.38. The Balaban J connectivity index is 1.94. The van der Waals surface area contributed by atoms with Gasteiger partial charge in [0.25, 0.3) is 0 Å². The van der Waals surface area contributed by atoms with Gasteiger partial charge >= 0.3 is 5.97 Å². The van der Waals surface area contributed by atoms with E-state index >= 15 is 0 Å². The highest BCUT2D eigenvalue weighted by atomic mass is 19.2. The molecule has 0 saturated carbocycles. The van der Waals surface area contributed by atoms with Gasteiger partial charge in [-0.3, -0.25) is 4.79 Å². The Morgan fingerprint density at radius 2 is 2.24 bits per heavy atom. The van der Waals surface area contributed by atoms with Crippen LogP contribution in [0.1, 0.15) is 24.8 Å². The third-order valence-corrected chi connectivity index (χ3v) is 3.55. The lowest BCUT2D eigenvalue weighted by Gasteiger charge is -2.19. The normalized spacial score (nSPS) is 19.6. The van der Waals surface area contributed by atoms with Crippen LogP contribution in [0.3, 0.4) is 0 Å². The molecule has 0 aromatic heterocycles. The first-order chi connectivity index (χ1) is 10.0. The average Bonchev–Trinajstić information content (AvgIpc) is 2.93. The highest BCUT2D eigenvalue weighted by Crippen LogP contribution is 2.14. The molecule has 2 atom stereocenters. The molecular weight excluding hydrogens is 280 g/mol. The van der Waals surface area contributed by atoms with Crippen LogP contribution >= 0.6 is 0 Å². The van der Waals surface area contributed by atoms with Crippen LogP contribution in [-0.2, 0) is 16.0 Å². The summed E-state index contributed by atoms with van der Waals surface area (Å²) < 4.78 is 31.6. The SMILES string of the molecule is O=C(O)CC(Cc1ccc(F)c(F)c1)NCC1CCCO1. The summed E-state index contributed by atoms with van der Waals surface area (Å²) in [4.78, 5) is 10.9. The third-order valence-electron chi connectivity index (χ3n) is 3.55. The van der Waals surface area contributed by atoms with Crippen LogP contribution in [-0.4, -0.2) is 36.4 Å². The summed E-state index contributed by atoms with van der Waals surface area (Å²) in [5, 5.41) is 12.1. The number of aliphatic carboxylic acids is 1. The number of hydrogen-bond acceptors (Lipinski definition) is 3. The highest BCUT2D eigenvalue weighted by Gasteiger charge is 2.19. The van der Waals surface area contributed by atoms with E-state index in [4.69, 9.17) is 9.84 Å². The first-order valence-corrected chi connectivity index (χ1v) is 7.05. The third kappa shape index (κ3) is 5.06. The molecule has 1 aliphatic heterocycles. The molecule has 1 aliphatic rings. The fourth-order valence-corrected chi connectivity index (χ4v) is 2.48. The molecular formula is C15H19F2NO3. The molecule has 0 amide bonds. The van der Waals surface area contributed by atoms with Crippen LogP contribution in [0.2, 0.25) is 0 Å². The van der Waals surface area contributed by atoms with Gasteiger partial charge in [0.2, 0.25) is 0 Å². The van der Waals surface area contributed by atoms with Gasteiger partial charge in [0.1, 0.15) is 0 Å². The van der Waals surface area contributed by atoms with Crippen LogP contribution in [0.4, 0.5) is 8.78 Å². The summed E-state index contributed by atoms with van der Waals surface area (Å²) in [7, 11) is 0. The molecule has 0 spiro atoms. The summed E-state index contributed by atoms with van der Waals surface area (Å²) >= 11 is 0. The monoisotopic (exact) mass is 299 g/mol. The Bertz CT molecular complexity index is 490. The van der Waals surface area contributed by atoms with Crippen LogP contribution in [0.25, 0.3) is 0 Å². The van der Waals surface area contributed by atoms with Gasteiger partial charge in [-0.15, -0.1) is 0 Å². The molecule has 1 saturated heterocycles. The maximum atomic E-state index is 13.2. The molecule has 6 heteroatoms. The van der Waals surface area contributed by atoms with E-state index in [0.717, 1.165) is 31.6 Å². The molecule has 0 radical (unpaired) electrons. The Morgan fingerprint density at radius 1 is 1.43 bits per heavy atom. The van der Waals surface area contributed by atoms with Crippen LogP contribution in [0.15, 0.2) is 18.2 Å². The van der Waals surface area contributed by atoms with Crippen molar-refractivity contribution in [1.29, 1.82) is 0 Å². The van der Waals surface area contributed by atoms with E-state index in [1.54, 1.807) is 0 Å². The summed E-state index contributed by atoms with van der Waals surface area (Å²) in [6, 6.07) is 3.30. The predicted octanol–water partition coefficient (Wildman–Crippen LogP) is 2.12. The molecule has 0 bridgehead atoms. The van der Waals surface area contributed by atoms with Crippen molar-refractivity contribution >= 4 is 5.97 Å². The molecule has 1 heterocycles. The first kappa shape index (κ1) is 15.9. The van der Waals surface area contributed by atoms with Crippen molar-refractivity contribution in [2.24, 2.45) is 0 Å². The number of nitrogens with one attached hydrogen (secondary N) is 1. The number of carbonyl (C=O) groups is 1. The maximum absolute atomic E-state index is 13.2. The number of halogens is 2. The van der Waals surface area contributed by atoms with E-state index in [9.17, 15) is 13.6 Å². The molecule has 1 aromatic carbocycles. The molecule has 0 aliphatic carbocycles. The minimum atomic E-state index is -0.928. The zero-order valence-corrected chi connectivity index (χ0v) is 11.6. The molecule has 2 unspecified atom stereocenters. The highest BCUT2D eigenvalue weighted by molar-refractivity contribution is 5.67. The van der Waals surface area contributed by atoms with E-state index in [2.05, 4.69) is 5.32 Å². The molecule has 2 N–H and O–H groups in total. The van der Waals surface area contributed by atoms with Crippen LogP contribution in [0, 0.1) is 11.6 Å². The summed E-state index contributed by atoms with van der Waals surface area (Å²) in [5.41, 5.74) is 0.569. The quantitative estimate of drug-likeness (QED) is 0.809. The summed E-state index contributed by atoms with van der Waals surface area (Å²) in [6.45, 7) is 1.31. The van der Waals surface area contributed by atoms with Gasteiger partial charge < -0.3 is 15.2 Å². The number of carboxylic acids is 1. The summed E-state index contributed by atoms with van der Waals surface area (Å²) in [6.07, 6.45) is 2.32. The van der Waals surface area contributed by atoms with E-state index in [1.165, 1.54) is 6.07 Å². The predicted molar refractivity (Wildman–Crippen MR) is 73.1 cm³/mol. The fourth-order valence-electron chi connectivity index (χ4n) is 2.48. The first-order valence-electron chi connectivity index (χ1n) is 7.05. The largest absolute Gasteiger partial charge is 0.481 e. The van der Waals surface area contributed by atoms with Gasteiger partial charge in [0, 0.05) is 19.2 Å². The van der Waals surface area contributed by atoms with Gasteiger partial charge in [0.15, 0.2) is 11.6 Å². The number of rotatable bonds is 7. The number of ether oxygens (including phenoxy) is 1. The Morgan fingerprint density at radius 3 is 2.86 bits per heavy atom. The smallest absolute Gasteiger partial charge is 0.304 e. The molecule has 4 nitrogen and oxygen atoms in total. The van der Waals surface area contributed by atoms with Crippen molar-refractivity contribution < 1.29 is 23.4 Å². The second-order valence-electron chi connectivity index (χ2n) is 5.29. The molecule has 21 heavy (non-hydrogen) atoms. The zero-order valence-electron chi connectivity index (χ0n) is 11.6. The lowest BCUT2D eigenvalue weighted by atomic mass is 10.0. The minimum absolute atomic E-state index is 0.0777. The van der Waals surface area contributed by atoms with E-state index < -0.39 is 17.6 Å². The van der Waals surface area contributed by atoms with Gasteiger partial charge in [-0.05, 0) is 37.0 Å². The lowest BCUT2D eigenvalue weighted by molar-refractivity contribution is -0.137. The Hall–Kier alpha value is -1.53. The van der Waals surface area contributed by atoms with Crippen molar-refractivity contribution in [1.82, 2.24) is 5.32 Å². The molecule has 116 valence electrons. The van der Waals surface area contributed by atoms with Gasteiger partial charge in [-0.25, -0.2) is 8.78 Å². The van der Waals surface area contributed by atoms with Crippen molar-refractivity contribution in [3.8, 4) is 0 Å². The summed E-state index contributed by atoms with van der Waals surface area (Å²) in [5.74, 6) is -2.75. The molecule has 1 aromatic rings. The van der Waals surface area contributed by atoms with Crippen LogP contribution < -0.4 is 5.32 Å². The van der Waals surface area contributed by atoms with Crippen molar-refractivity contribution in [3.05, 3.63) is 35.4 Å². The second-order valence-corrected chi connectivity index (χ2v) is 5.29. The van der Waals surface area contributed by atoms with Gasteiger partial charge in [-0.1, -0.05) is 6.07 Å². The van der Waals surface area contributed by atoms with Gasteiger partial charge in [0.05, 0.1) is 12.5 Å². The van der Waals surface area contributed by atoms with E-state index in [-0.39, 0.29) is 18.6 Å². The van der Waals surface area contributed by atoms with Crippen molar-refractivity contribution in [3.63, 3.8) is 0 Å². The van der Waals surface area contributed by atoms with Crippen molar-refractivity contribution in [2.75, 3.05) is 13.2 Å². The number of benzene rings is 1. The van der Waals surface area contributed by atoms with Crippen molar-refractivity contribution in [2.45, 2.75) is 37.8 Å². The van der Waals surface area contributed by atoms with E-state index in [0.29, 0.717) is 18.5 Å². The van der Waals surface area contributed by atoms with E-state index in [1.807, 2.05) is 0 Å². The van der Waals surface area contributed by atoms with Gasteiger partial charge in [-0.2, -0.15) is 0 Å². The molecule has 1 fully saturated rings. The minimum Gasteiger partial charge on any atom is -0.481 e. The standard InChI is InChI=1S/C15H19F2NO3/c16-13-4-3-10(7-14(13)17)6-11(8-15(19)20)18-9-12-2-1-5-21-12/h3-4,7,11-12,18H,1-2,5-6,8-9H2,(H,19,20). The Labute approximate surface area is 122 Å². The molecule has 2 rings (SSSR count).